The molecule has 1 aliphatic heterocycles. The molecular weight excluding hydrogens is 304 g/mol. The number of carbonyl (C=O) groups is 1. The van der Waals surface area contributed by atoms with Crippen molar-refractivity contribution in [3.63, 3.8) is 0 Å². The van der Waals surface area contributed by atoms with E-state index >= 15 is 0 Å². The van der Waals surface area contributed by atoms with Crippen LogP contribution in [0.5, 0.6) is 0 Å². The zero-order valence-electron chi connectivity index (χ0n) is 14.0. The van der Waals surface area contributed by atoms with Gasteiger partial charge in [0.05, 0.1) is 12.2 Å². The predicted molar refractivity (Wildman–Crippen MR) is 94.0 cm³/mol. The van der Waals surface area contributed by atoms with Crippen LogP contribution in [0.3, 0.4) is 0 Å². The van der Waals surface area contributed by atoms with Gasteiger partial charge >= 0.3 is 5.97 Å². The monoisotopic (exact) mass is 328 g/mol. The van der Waals surface area contributed by atoms with Crippen molar-refractivity contribution in [3.05, 3.63) is 47.4 Å². The molecule has 0 saturated heterocycles. The van der Waals surface area contributed by atoms with Crippen molar-refractivity contribution in [1.29, 1.82) is 0 Å². The number of hydrogen-bond acceptors (Lipinski definition) is 4. The molecule has 0 unspecified atom stereocenters. The lowest BCUT2D eigenvalue weighted by atomic mass is 10.1. The smallest absolute Gasteiger partial charge is 0.338 e. The summed E-state index contributed by atoms with van der Waals surface area (Å²) in [6, 6.07) is 8.27. The Hall–Kier alpha value is -2.27. The highest BCUT2D eigenvalue weighted by molar-refractivity contribution is 5.89. The number of aromatic nitrogens is 1. The largest absolute Gasteiger partial charge is 0.512 e. The van der Waals surface area contributed by atoms with E-state index in [0.29, 0.717) is 25.1 Å². The summed E-state index contributed by atoms with van der Waals surface area (Å²) in [5, 5.41) is 11.4. The summed E-state index contributed by atoms with van der Waals surface area (Å²) in [5.41, 5.74) is 2.84. The van der Waals surface area contributed by atoms with Gasteiger partial charge < -0.3 is 14.8 Å². The fourth-order valence-electron chi connectivity index (χ4n) is 3.22. The van der Waals surface area contributed by atoms with Gasteiger partial charge in [-0.3, -0.25) is 4.90 Å². The summed E-state index contributed by atoms with van der Waals surface area (Å²) in [4.78, 5) is 17.6. The fraction of sp³-hybridized carbons (Fsp3) is 0.421. The number of esters is 1. The van der Waals surface area contributed by atoms with Gasteiger partial charge in [-0.2, -0.15) is 0 Å². The van der Waals surface area contributed by atoms with E-state index in [9.17, 15) is 9.90 Å². The van der Waals surface area contributed by atoms with E-state index in [0.717, 1.165) is 31.4 Å². The Bertz CT molecular complexity index is 748. The highest BCUT2D eigenvalue weighted by Crippen LogP contribution is 2.21. The Balaban J connectivity index is 1.67. The lowest BCUT2D eigenvalue weighted by molar-refractivity contribution is -0.139. The Morgan fingerprint density at radius 3 is 3.04 bits per heavy atom. The normalized spacial score (nSPS) is 16.4. The number of aromatic amines is 1. The van der Waals surface area contributed by atoms with E-state index in [1.165, 1.54) is 10.9 Å². The van der Waals surface area contributed by atoms with Crippen LogP contribution in [0, 0.1) is 0 Å². The number of carbonyl (C=O) groups excluding carboxylic acids is 1. The van der Waals surface area contributed by atoms with E-state index in [2.05, 4.69) is 28.2 Å². The summed E-state index contributed by atoms with van der Waals surface area (Å²) in [6.45, 7) is 4.27. The first kappa shape index (κ1) is 16.6. The lowest BCUT2D eigenvalue weighted by Gasteiger charge is -2.20. The second-order valence-corrected chi connectivity index (χ2v) is 6.13. The van der Waals surface area contributed by atoms with Gasteiger partial charge in [-0.15, -0.1) is 0 Å². The number of fused-ring (bicyclic) bond motifs is 1. The molecule has 5 nitrogen and oxygen atoms in total. The topological polar surface area (TPSA) is 65.6 Å². The molecule has 0 saturated carbocycles. The van der Waals surface area contributed by atoms with Crippen molar-refractivity contribution in [2.45, 2.75) is 26.2 Å². The molecule has 0 amide bonds. The van der Waals surface area contributed by atoms with Crippen LogP contribution in [0.1, 0.15) is 25.3 Å². The average Bonchev–Trinajstić information content (AvgIpc) is 2.90. The first-order valence-corrected chi connectivity index (χ1v) is 8.54. The summed E-state index contributed by atoms with van der Waals surface area (Å²) in [7, 11) is 0. The van der Waals surface area contributed by atoms with Gasteiger partial charge in [0.2, 0.25) is 0 Å². The van der Waals surface area contributed by atoms with Crippen LogP contribution >= 0.6 is 0 Å². The molecule has 1 aliphatic rings. The third-order valence-electron chi connectivity index (χ3n) is 4.51. The second-order valence-electron chi connectivity index (χ2n) is 6.13. The number of allylic oxidation sites excluding steroid dienone is 1. The van der Waals surface area contributed by atoms with Crippen molar-refractivity contribution in [2.24, 2.45) is 0 Å². The zero-order chi connectivity index (χ0) is 16.9. The van der Waals surface area contributed by atoms with Crippen LogP contribution < -0.4 is 0 Å². The van der Waals surface area contributed by atoms with Crippen LogP contribution in [0.15, 0.2) is 41.8 Å². The molecule has 0 radical (unpaired) electrons. The van der Waals surface area contributed by atoms with Crippen molar-refractivity contribution in [3.8, 4) is 0 Å². The molecule has 2 N–H and O–H groups in total. The maximum atomic E-state index is 12.0. The second kappa shape index (κ2) is 7.53. The van der Waals surface area contributed by atoms with Gasteiger partial charge in [-0.1, -0.05) is 18.2 Å². The predicted octanol–water partition coefficient (Wildman–Crippen LogP) is 3.18. The van der Waals surface area contributed by atoms with Gasteiger partial charge in [0.25, 0.3) is 0 Å². The number of nitrogens with zero attached hydrogens (tertiary/aromatic N) is 1. The number of H-pyrrole nitrogens is 1. The molecule has 128 valence electrons. The number of hydrogen-bond donors (Lipinski definition) is 2. The van der Waals surface area contributed by atoms with Crippen LogP contribution in [-0.2, 0) is 16.0 Å². The molecule has 1 aromatic heterocycles. The van der Waals surface area contributed by atoms with Crippen LogP contribution in [0.25, 0.3) is 10.9 Å². The highest BCUT2D eigenvalue weighted by Gasteiger charge is 2.23. The van der Waals surface area contributed by atoms with E-state index in [4.69, 9.17) is 4.74 Å². The molecule has 24 heavy (non-hydrogen) atoms. The quantitative estimate of drug-likeness (QED) is 0.827. The first-order valence-electron chi connectivity index (χ1n) is 8.54. The Morgan fingerprint density at radius 2 is 2.21 bits per heavy atom. The van der Waals surface area contributed by atoms with E-state index in [1.54, 1.807) is 6.92 Å². The molecule has 0 atom stereocenters. The summed E-state index contributed by atoms with van der Waals surface area (Å²) in [6.07, 6.45) is 4.35. The molecule has 3 rings (SSSR count). The number of aliphatic hydroxyl groups is 1. The number of aliphatic hydroxyl groups excluding tert-OH is 1. The van der Waals surface area contributed by atoms with Gasteiger partial charge in [-0.05, 0) is 37.9 Å². The minimum atomic E-state index is -0.394. The third-order valence-corrected chi connectivity index (χ3v) is 4.51. The number of nitrogens with one attached hydrogen (secondary N) is 1. The summed E-state index contributed by atoms with van der Waals surface area (Å²) < 4.78 is 5.08. The Morgan fingerprint density at radius 1 is 1.38 bits per heavy atom. The molecule has 2 aromatic rings. The van der Waals surface area contributed by atoms with Gasteiger partial charge in [0.1, 0.15) is 5.76 Å². The van der Waals surface area contributed by atoms with Gasteiger partial charge in [0, 0.05) is 36.6 Å². The minimum absolute atomic E-state index is 0.183. The zero-order valence-corrected chi connectivity index (χ0v) is 14.0. The Kier molecular flexibility index (Phi) is 5.20. The average molecular weight is 328 g/mol. The first-order chi connectivity index (χ1) is 11.7. The summed E-state index contributed by atoms with van der Waals surface area (Å²) in [5.74, 6) is -0.211. The number of rotatable bonds is 5. The van der Waals surface area contributed by atoms with E-state index in [-0.39, 0.29) is 5.76 Å². The van der Waals surface area contributed by atoms with Crippen LogP contribution in [0.4, 0.5) is 0 Å². The van der Waals surface area contributed by atoms with Crippen LogP contribution in [-0.4, -0.2) is 47.2 Å². The standard InChI is InChI=1S/C19H24N2O3/c1-2-24-19(23)16-13-21(10-5-8-18(16)22)11-9-14-12-20-17-7-4-3-6-15(14)17/h3-4,6-7,12,20,22H,2,5,8-11,13H2,1H3. The number of benzene rings is 1. The van der Waals surface area contributed by atoms with Gasteiger partial charge in [0.15, 0.2) is 0 Å². The van der Waals surface area contributed by atoms with Crippen molar-refractivity contribution < 1.29 is 14.6 Å². The van der Waals surface area contributed by atoms with Crippen molar-refractivity contribution in [1.82, 2.24) is 9.88 Å². The molecule has 0 spiro atoms. The number of ether oxygens (including phenoxy) is 1. The fourth-order valence-corrected chi connectivity index (χ4v) is 3.22. The maximum Gasteiger partial charge on any atom is 0.338 e. The summed E-state index contributed by atoms with van der Waals surface area (Å²) >= 11 is 0. The molecular formula is C19H24N2O3. The van der Waals surface area contributed by atoms with Crippen molar-refractivity contribution in [2.75, 3.05) is 26.2 Å². The molecule has 0 bridgehead atoms. The maximum absolute atomic E-state index is 12.0. The third kappa shape index (κ3) is 3.62. The molecule has 2 heterocycles. The van der Waals surface area contributed by atoms with Crippen molar-refractivity contribution >= 4 is 16.9 Å². The SMILES string of the molecule is CCOC(=O)C1=C(O)CCCN(CCc2c[nH]c3ccccc23)C1. The molecule has 1 aromatic carbocycles. The molecule has 0 aliphatic carbocycles. The van der Waals surface area contributed by atoms with Gasteiger partial charge in [-0.25, -0.2) is 4.79 Å². The molecule has 0 fully saturated rings. The highest BCUT2D eigenvalue weighted by atomic mass is 16.5. The number of para-hydroxylation sites is 1. The molecule has 5 heteroatoms. The lowest BCUT2D eigenvalue weighted by Crippen LogP contribution is -2.30. The Labute approximate surface area is 141 Å². The van der Waals surface area contributed by atoms with E-state index < -0.39 is 5.97 Å². The minimum Gasteiger partial charge on any atom is -0.512 e. The van der Waals surface area contributed by atoms with E-state index in [1.807, 2.05) is 12.1 Å². The van der Waals surface area contributed by atoms with Crippen LogP contribution in [0.2, 0.25) is 0 Å².